The van der Waals surface area contributed by atoms with Crippen molar-refractivity contribution in [2.24, 2.45) is 0 Å². The van der Waals surface area contributed by atoms with E-state index < -0.39 is 5.82 Å². The van der Waals surface area contributed by atoms with E-state index in [4.69, 9.17) is 16.9 Å². The first-order valence-corrected chi connectivity index (χ1v) is 6.45. The van der Waals surface area contributed by atoms with E-state index >= 15 is 0 Å². The van der Waals surface area contributed by atoms with Crippen molar-refractivity contribution in [2.45, 2.75) is 0 Å². The molecule has 0 fully saturated rings. The quantitative estimate of drug-likeness (QED) is 0.910. The molecule has 0 aliphatic carbocycles. The summed E-state index contributed by atoms with van der Waals surface area (Å²) in [6.45, 7) is -0.0848. The highest BCUT2D eigenvalue weighted by Crippen LogP contribution is 2.18. The van der Waals surface area contributed by atoms with E-state index in [2.05, 4.69) is 10.6 Å². The minimum absolute atomic E-state index is 0.0848. The molecule has 0 radical (unpaired) electrons. The molecular formula is C15H11ClFN3O. The smallest absolute Gasteiger partial charge is 0.243 e. The molecule has 0 bridgehead atoms. The van der Waals surface area contributed by atoms with Crippen LogP contribution in [0.2, 0.25) is 5.02 Å². The van der Waals surface area contributed by atoms with Crippen LogP contribution in [0.4, 0.5) is 15.8 Å². The van der Waals surface area contributed by atoms with Gasteiger partial charge in [0.15, 0.2) is 0 Å². The molecule has 0 aliphatic heterocycles. The van der Waals surface area contributed by atoms with Crippen LogP contribution < -0.4 is 10.6 Å². The lowest BCUT2D eigenvalue weighted by Crippen LogP contribution is -2.22. The zero-order valence-corrected chi connectivity index (χ0v) is 11.6. The highest BCUT2D eigenvalue weighted by Gasteiger charge is 2.06. The Labute approximate surface area is 126 Å². The SMILES string of the molecule is N#Cc1ccc(NC(=O)CNc2ccc(Cl)cc2F)cc1. The number of halogens is 2. The Morgan fingerprint density at radius 3 is 2.57 bits per heavy atom. The number of carbonyl (C=O) groups is 1. The summed E-state index contributed by atoms with van der Waals surface area (Å²) in [5.74, 6) is -0.845. The molecule has 0 spiro atoms. The summed E-state index contributed by atoms with van der Waals surface area (Å²) in [5.41, 5.74) is 1.28. The number of hydrogen-bond donors (Lipinski definition) is 2. The van der Waals surface area contributed by atoms with Crippen molar-refractivity contribution in [3.63, 3.8) is 0 Å². The van der Waals surface area contributed by atoms with Gasteiger partial charge < -0.3 is 10.6 Å². The molecule has 0 heterocycles. The highest BCUT2D eigenvalue weighted by atomic mass is 35.5. The van der Waals surface area contributed by atoms with Crippen LogP contribution >= 0.6 is 11.6 Å². The molecule has 2 rings (SSSR count). The predicted octanol–water partition coefficient (Wildman–Crippen LogP) is 3.40. The van der Waals surface area contributed by atoms with Crippen LogP contribution in [-0.4, -0.2) is 12.5 Å². The summed E-state index contributed by atoms with van der Waals surface area (Å²) in [6, 6.07) is 12.6. The van der Waals surface area contributed by atoms with Gasteiger partial charge in [-0.05, 0) is 42.5 Å². The average molecular weight is 304 g/mol. The van der Waals surface area contributed by atoms with Gasteiger partial charge in [-0.15, -0.1) is 0 Å². The molecule has 0 atom stereocenters. The molecule has 4 nitrogen and oxygen atoms in total. The van der Waals surface area contributed by atoms with Crippen molar-refractivity contribution in [3.05, 3.63) is 58.9 Å². The zero-order chi connectivity index (χ0) is 15.2. The lowest BCUT2D eigenvalue weighted by atomic mass is 10.2. The first kappa shape index (κ1) is 14.8. The van der Waals surface area contributed by atoms with Crippen LogP contribution in [0.3, 0.4) is 0 Å². The van der Waals surface area contributed by atoms with Crippen LogP contribution in [0.1, 0.15) is 5.56 Å². The van der Waals surface area contributed by atoms with Crippen molar-refractivity contribution in [3.8, 4) is 6.07 Å². The largest absolute Gasteiger partial charge is 0.374 e. The molecule has 2 N–H and O–H groups in total. The molecule has 21 heavy (non-hydrogen) atoms. The van der Waals surface area contributed by atoms with E-state index in [-0.39, 0.29) is 18.1 Å². The number of amides is 1. The van der Waals surface area contributed by atoms with Crippen molar-refractivity contribution < 1.29 is 9.18 Å². The van der Waals surface area contributed by atoms with E-state index in [9.17, 15) is 9.18 Å². The Morgan fingerprint density at radius 2 is 1.95 bits per heavy atom. The number of nitrogens with zero attached hydrogens (tertiary/aromatic N) is 1. The van der Waals surface area contributed by atoms with Gasteiger partial charge in [-0.2, -0.15) is 5.26 Å². The van der Waals surface area contributed by atoms with Gasteiger partial charge >= 0.3 is 0 Å². The lowest BCUT2D eigenvalue weighted by Gasteiger charge is -2.08. The zero-order valence-electron chi connectivity index (χ0n) is 10.9. The molecule has 106 valence electrons. The first-order valence-electron chi connectivity index (χ1n) is 6.07. The fourth-order valence-corrected chi connectivity index (χ4v) is 1.80. The number of hydrogen-bond acceptors (Lipinski definition) is 3. The van der Waals surface area contributed by atoms with E-state index in [0.29, 0.717) is 16.3 Å². The van der Waals surface area contributed by atoms with Crippen LogP contribution in [0.15, 0.2) is 42.5 Å². The van der Waals surface area contributed by atoms with Crippen molar-refractivity contribution in [1.29, 1.82) is 5.26 Å². The lowest BCUT2D eigenvalue weighted by molar-refractivity contribution is -0.114. The van der Waals surface area contributed by atoms with Gasteiger partial charge in [0.05, 0.1) is 23.9 Å². The number of carbonyl (C=O) groups excluding carboxylic acids is 1. The monoisotopic (exact) mass is 303 g/mol. The van der Waals surface area contributed by atoms with Gasteiger partial charge in [-0.1, -0.05) is 11.6 Å². The van der Waals surface area contributed by atoms with Gasteiger partial charge in [-0.25, -0.2) is 4.39 Å². The van der Waals surface area contributed by atoms with Crippen LogP contribution in [0.25, 0.3) is 0 Å². The van der Waals surface area contributed by atoms with E-state index in [1.54, 1.807) is 24.3 Å². The average Bonchev–Trinajstić information content (AvgIpc) is 2.47. The van der Waals surface area contributed by atoms with Crippen LogP contribution in [0, 0.1) is 17.1 Å². The summed E-state index contributed by atoms with van der Waals surface area (Å²) in [7, 11) is 0. The maximum absolute atomic E-state index is 13.5. The summed E-state index contributed by atoms with van der Waals surface area (Å²) in [4.78, 5) is 11.7. The number of benzene rings is 2. The third kappa shape index (κ3) is 4.20. The molecule has 2 aromatic carbocycles. The molecule has 0 aliphatic rings. The maximum Gasteiger partial charge on any atom is 0.243 e. The van der Waals surface area contributed by atoms with Gasteiger partial charge in [-0.3, -0.25) is 4.79 Å². The molecule has 1 amide bonds. The van der Waals surface area contributed by atoms with E-state index in [1.807, 2.05) is 6.07 Å². The van der Waals surface area contributed by atoms with Gasteiger partial charge in [0.25, 0.3) is 0 Å². The van der Waals surface area contributed by atoms with Crippen LogP contribution in [-0.2, 0) is 4.79 Å². The molecular weight excluding hydrogens is 293 g/mol. The second-order valence-corrected chi connectivity index (χ2v) is 4.65. The number of rotatable bonds is 4. The normalized spacial score (nSPS) is 9.76. The topological polar surface area (TPSA) is 64.9 Å². The van der Waals surface area contributed by atoms with E-state index in [1.165, 1.54) is 18.2 Å². The van der Waals surface area contributed by atoms with Gasteiger partial charge in [0.2, 0.25) is 5.91 Å². The first-order chi connectivity index (χ1) is 10.1. The Bertz CT molecular complexity index is 695. The van der Waals surface area contributed by atoms with Crippen LogP contribution in [0.5, 0.6) is 0 Å². The molecule has 6 heteroatoms. The molecule has 0 saturated heterocycles. The second-order valence-electron chi connectivity index (χ2n) is 4.22. The minimum Gasteiger partial charge on any atom is -0.374 e. The summed E-state index contributed by atoms with van der Waals surface area (Å²) in [6.07, 6.45) is 0. The molecule has 2 aromatic rings. The fourth-order valence-electron chi connectivity index (χ4n) is 1.64. The minimum atomic E-state index is -0.520. The number of anilines is 2. The fraction of sp³-hybridized carbons (Fsp3) is 0.0667. The maximum atomic E-state index is 13.5. The Hall–Kier alpha value is -2.58. The van der Waals surface area contributed by atoms with Crippen molar-refractivity contribution in [2.75, 3.05) is 17.2 Å². The van der Waals surface area contributed by atoms with Crippen molar-refractivity contribution in [1.82, 2.24) is 0 Å². The Balaban J connectivity index is 1.91. The number of nitrogens with one attached hydrogen (secondary N) is 2. The molecule has 0 aromatic heterocycles. The second kappa shape index (κ2) is 6.73. The Morgan fingerprint density at radius 1 is 1.24 bits per heavy atom. The summed E-state index contributed by atoms with van der Waals surface area (Å²) in [5, 5.41) is 14.3. The summed E-state index contributed by atoms with van der Waals surface area (Å²) >= 11 is 5.64. The summed E-state index contributed by atoms with van der Waals surface area (Å²) < 4.78 is 13.5. The van der Waals surface area contributed by atoms with Gasteiger partial charge in [0, 0.05) is 10.7 Å². The van der Waals surface area contributed by atoms with Gasteiger partial charge in [0.1, 0.15) is 5.82 Å². The predicted molar refractivity (Wildman–Crippen MR) is 79.7 cm³/mol. The standard InChI is InChI=1S/C15H11ClFN3O/c16-11-3-6-14(13(17)7-11)19-9-15(21)20-12-4-1-10(8-18)2-5-12/h1-7,19H,9H2,(H,20,21). The third-order valence-electron chi connectivity index (χ3n) is 2.67. The van der Waals surface area contributed by atoms with Crippen molar-refractivity contribution >= 4 is 28.9 Å². The third-order valence-corrected chi connectivity index (χ3v) is 2.90. The highest BCUT2D eigenvalue weighted by molar-refractivity contribution is 6.30. The number of nitriles is 1. The Kier molecular flexibility index (Phi) is 4.75. The molecule has 0 unspecified atom stereocenters. The van der Waals surface area contributed by atoms with E-state index in [0.717, 1.165) is 0 Å². The molecule has 0 saturated carbocycles.